The summed E-state index contributed by atoms with van der Waals surface area (Å²) in [5.74, 6) is -0.188. The summed E-state index contributed by atoms with van der Waals surface area (Å²) < 4.78 is 11.8. The van der Waals surface area contributed by atoms with E-state index in [2.05, 4.69) is 20.8 Å². The average molecular weight is 388 g/mol. The van der Waals surface area contributed by atoms with Crippen LogP contribution in [0.15, 0.2) is 54.9 Å². The number of tetrazole rings is 1. The SMILES string of the molecule is O=C(COC(=O)Cn1cnnn1)Nc1cc(Cl)ccc1Oc1ccccc1. The van der Waals surface area contributed by atoms with Crippen molar-refractivity contribution in [2.45, 2.75) is 6.54 Å². The second kappa shape index (κ2) is 8.77. The Morgan fingerprint density at radius 3 is 2.70 bits per heavy atom. The number of carbonyl (C=O) groups is 2. The lowest BCUT2D eigenvalue weighted by molar-refractivity contribution is -0.148. The number of hydrogen-bond acceptors (Lipinski definition) is 7. The molecule has 0 spiro atoms. The Morgan fingerprint density at radius 1 is 1.15 bits per heavy atom. The van der Waals surface area contributed by atoms with Gasteiger partial charge in [-0.25, -0.2) is 4.68 Å². The van der Waals surface area contributed by atoms with Crippen LogP contribution in [0.2, 0.25) is 5.02 Å². The second-order valence-electron chi connectivity index (χ2n) is 5.27. The van der Waals surface area contributed by atoms with Gasteiger partial charge >= 0.3 is 5.97 Å². The lowest BCUT2D eigenvalue weighted by Gasteiger charge is -2.13. The van der Waals surface area contributed by atoms with E-state index in [0.717, 1.165) is 0 Å². The normalized spacial score (nSPS) is 10.3. The van der Waals surface area contributed by atoms with Gasteiger partial charge in [0.05, 0.1) is 5.69 Å². The van der Waals surface area contributed by atoms with Crippen LogP contribution in [0, 0.1) is 0 Å². The van der Waals surface area contributed by atoms with Crippen LogP contribution in [0.25, 0.3) is 0 Å². The average Bonchev–Trinajstić information content (AvgIpc) is 3.16. The van der Waals surface area contributed by atoms with Gasteiger partial charge in [-0.1, -0.05) is 29.8 Å². The summed E-state index contributed by atoms with van der Waals surface area (Å²) in [7, 11) is 0. The number of hydrogen-bond donors (Lipinski definition) is 1. The van der Waals surface area contributed by atoms with Crippen LogP contribution in [-0.4, -0.2) is 38.7 Å². The van der Waals surface area contributed by atoms with Crippen molar-refractivity contribution in [2.75, 3.05) is 11.9 Å². The zero-order valence-corrected chi connectivity index (χ0v) is 14.7. The highest BCUT2D eigenvalue weighted by molar-refractivity contribution is 6.31. The number of halogens is 1. The molecule has 0 saturated carbocycles. The molecule has 3 rings (SSSR count). The molecule has 10 heteroatoms. The quantitative estimate of drug-likeness (QED) is 0.619. The fourth-order valence-corrected chi connectivity index (χ4v) is 2.24. The van der Waals surface area contributed by atoms with Crippen LogP contribution < -0.4 is 10.1 Å². The molecule has 1 heterocycles. The van der Waals surface area contributed by atoms with E-state index in [1.54, 1.807) is 30.3 Å². The number of amides is 1. The number of para-hydroxylation sites is 1. The number of carbonyl (C=O) groups excluding carboxylic acids is 2. The fraction of sp³-hybridized carbons (Fsp3) is 0.118. The van der Waals surface area contributed by atoms with Crippen molar-refractivity contribution in [3.8, 4) is 11.5 Å². The summed E-state index contributed by atoms with van der Waals surface area (Å²) in [6.07, 6.45) is 1.26. The first kappa shape index (κ1) is 18.3. The Kier molecular flexibility index (Phi) is 5.95. The molecule has 27 heavy (non-hydrogen) atoms. The molecule has 2 aromatic carbocycles. The number of ether oxygens (including phenoxy) is 2. The first-order valence-corrected chi connectivity index (χ1v) is 8.16. The molecule has 0 saturated heterocycles. The molecule has 0 aliphatic carbocycles. The molecular formula is C17H14ClN5O4. The molecule has 1 aromatic heterocycles. The van der Waals surface area contributed by atoms with E-state index in [4.69, 9.17) is 21.1 Å². The van der Waals surface area contributed by atoms with E-state index in [1.165, 1.54) is 11.0 Å². The predicted molar refractivity (Wildman–Crippen MR) is 95.4 cm³/mol. The van der Waals surface area contributed by atoms with E-state index in [1.807, 2.05) is 18.2 Å². The lowest BCUT2D eigenvalue weighted by Crippen LogP contribution is -2.23. The van der Waals surface area contributed by atoms with E-state index < -0.39 is 18.5 Å². The minimum absolute atomic E-state index is 0.195. The molecule has 0 fully saturated rings. The third kappa shape index (κ3) is 5.51. The molecule has 0 unspecified atom stereocenters. The summed E-state index contributed by atoms with van der Waals surface area (Å²) in [6, 6.07) is 13.9. The van der Waals surface area contributed by atoms with Gasteiger partial charge in [-0.3, -0.25) is 9.59 Å². The highest BCUT2D eigenvalue weighted by Crippen LogP contribution is 2.31. The molecule has 0 radical (unpaired) electrons. The summed E-state index contributed by atoms with van der Waals surface area (Å²) in [5.41, 5.74) is 0.355. The molecule has 1 amide bonds. The van der Waals surface area contributed by atoms with Crippen molar-refractivity contribution in [1.29, 1.82) is 0 Å². The fourth-order valence-electron chi connectivity index (χ4n) is 2.07. The van der Waals surface area contributed by atoms with E-state index in [9.17, 15) is 9.59 Å². The smallest absolute Gasteiger partial charge is 0.328 e. The number of rotatable bonds is 7. The molecule has 0 atom stereocenters. The molecule has 3 aromatic rings. The Bertz CT molecular complexity index is 918. The Balaban J connectivity index is 1.59. The van der Waals surface area contributed by atoms with Crippen molar-refractivity contribution in [1.82, 2.24) is 20.2 Å². The van der Waals surface area contributed by atoms with Crippen LogP contribution in [-0.2, 0) is 20.9 Å². The van der Waals surface area contributed by atoms with Crippen LogP contribution >= 0.6 is 11.6 Å². The molecule has 0 aliphatic rings. The Hall–Kier alpha value is -3.46. The van der Waals surface area contributed by atoms with Crippen LogP contribution in [0.1, 0.15) is 0 Å². The van der Waals surface area contributed by atoms with Gasteiger partial charge in [0.25, 0.3) is 5.91 Å². The van der Waals surface area contributed by atoms with Gasteiger partial charge in [-0.2, -0.15) is 0 Å². The lowest BCUT2D eigenvalue weighted by atomic mass is 10.2. The van der Waals surface area contributed by atoms with Gasteiger partial charge in [-0.15, -0.1) is 5.10 Å². The molecule has 0 bridgehead atoms. The summed E-state index contributed by atoms with van der Waals surface area (Å²) in [5, 5.41) is 13.4. The van der Waals surface area contributed by atoms with E-state index in [-0.39, 0.29) is 6.54 Å². The highest BCUT2D eigenvalue weighted by atomic mass is 35.5. The summed E-state index contributed by atoms with van der Waals surface area (Å²) in [6.45, 7) is -0.669. The van der Waals surface area contributed by atoms with Crippen molar-refractivity contribution in [3.63, 3.8) is 0 Å². The molecular weight excluding hydrogens is 374 g/mol. The minimum Gasteiger partial charge on any atom is -0.455 e. The first-order valence-electron chi connectivity index (χ1n) is 7.79. The van der Waals surface area contributed by atoms with Crippen molar-refractivity contribution < 1.29 is 19.1 Å². The predicted octanol–water partition coefficient (Wildman–Crippen LogP) is 2.30. The zero-order chi connectivity index (χ0) is 19.1. The van der Waals surface area contributed by atoms with Crippen LogP contribution in [0.5, 0.6) is 11.5 Å². The minimum atomic E-state index is -0.649. The number of nitrogens with zero attached hydrogens (tertiary/aromatic N) is 4. The largest absolute Gasteiger partial charge is 0.455 e. The Morgan fingerprint density at radius 2 is 1.96 bits per heavy atom. The van der Waals surface area contributed by atoms with E-state index >= 15 is 0 Å². The van der Waals surface area contributed by atoms with Crippen molar-refractivity contribution in [3.05, 3.63) is 59.9 Å². The molecule has 1 N–H and O–H groups in total. The molecule has 9 nitrogen and oxygen atoms in total. The topological polar surface area (TPSA) is 108 Å². The first-order chi connectivity index (χ1) is 13.1. The standard InChI is InChI=1S/C17H14ClN5O4/c18-12-6-7-15(27-13-4-2-1-3-5-13)14(8-12)20-16(24)10-26-17(25)9-23-11-19-21-22-23/h1-8,11H,9-10H2,(H,20,24). The summed E-state index contributed by atoms with van der Waals surface area (Å²) >= 11 is 6.00. The van der Waals surface area contributed by atoms with Gasteiger partial charge < -0.3 is 14.8 Å². The second-order valence-corrected chi connectivity index (χ2v) is 5.71. The van der Waals surface area contributed by atoms with Crippen molar-refractivity contribution in [2.24, 2.45) is 0 Å². The highest BCUT2D eigenvalue weighted by Gasteiger charge is 2.13. The number of aromatic nitrogens is 4. The van der Waals surface area contributed by atoms with Crippen LogP contribution in [0.4, 0.5) is 5.69 Å². The maximum absolute atomic E-state index is 12.1. The van der Waals surface area contributed by atoms with Gasteiger partial charge in [0.1, 0.15) is 18.6 Å². The van der Waals surface area contributed by atoms with Gasteiger partial charge in [0.15, 0.2) is 12.4 Å². The molecule has 0 aliphatic heterocycles. The van der Waals surface area contributed by atoms with E-state index in [0.29, 0.717) is 22.2 Å². The van der Waals surface area contributed by atoms with Gasteiger partial charge in [-0.05, 0) is 40.8 Å². The van der Waals surface area contributed by atoms with Crippen LogP contribution in [0.3, 0.4) is 0 Å². The zero-order valence-electron chi connectivity index (χ0n) is 13.9. The van der Waals surface area contributed by atoms with Crippen molar-refractivity contribution >= 4 is 29.2 Å². The van der Waals surface area contributed by atoms with Gasteiger partial charge in [0, 0.05) is 5.02 Å². The third-order valence-electron chi connectivity index (χ3n) is 3.23. The Labute approximate surface area is 158 Å². The maximum atomic E-state index is 12.1. The number of anilines is 1. The maximum Gasteiger partial charge on any atom is 0.328 e. The monoisotopic (exact) mass is 387 g/mol. The molecule has 138 valence electrons. The number of benzene rings is 2. The number of nitrogens with one attached hydrogen (secondary N) is 1. The summed E-state index contributed by atoms with van der Waals surface area (Å²) in [4.78, 5) is 23.8. The number of esters is 1. The van der Waals surface area contributed by atoms with Gasteiger partial charge in [0.2, 0.25) is 0 Å². The third-order valence-corrected chi connectivity index (χ3v) is 3.47.